The molecule has 0 radical (unpaired) electrons. The quantitative estimate of drug-likeness (QED) is 0.123. The molecule has 0 unspecified atom stereocenters. The highest BCUT2D eigenvalue weighted by molar-refractivity contribution is 5.87. The van der Waals surface area contributed by atoms with E-state index in [4.69, 9.17) is 18.6 Å². The highest BCUT2D eigenvalue weighted by atomic mass is 19.3. The van der Waals surface area contributed by atoms with Crippen molar-refractivity contribution < 1.29 is 32.2 Å². The highest BCUT2D eigenvalue weighted by Crippen LogP contribution is 2.29. The number of rotatable bonds is 12. The van der Waals surface area contributed by atoms with E-state index < -0.39 is 17.5 Å². The van der Waals surface area contributed by atoms with Gasteiger partial charge in [-0.15, -0.1) is 0 Å². The summed E-state index contributed by atoms with van der Waals surface area (Å²) < 4.78 is 49.3. The van der Waals surface area contributed by atoms with Crippen LogP contribution >= 0.6 is 0 Å². The van der Waals surface area contributed by atoms with E-state index >= 15 is 0 Å². The molecule has 0 aliphatic carbocycles. The number of methoxy groups -OCH3 is 1. The molecule has 0 saturated heterocycles. The Labute approximate surface area is 208 Å². The first-order valence-electron chi connectivity index (χ1n) is 11.7. The number of aryl methyl sites for hydroxylation is 1. The molecule has 36 heavy (non-hydrogen) atoms. The van der Waals surface area contributed by atoms with Gasteiger partial charge in [0.2, 0.25) is 5.92 Å². The number of ether oxygens (including phenoxy) is 3. The number of benzene rings is 2. The van der Waals surface area contributed by atoms with Gasteiger partial charge in [0, 0.05) is 29.9 Å². The molecule has 3 rings (SSSR count). The molecule has 0 atom stereocenters. The SMILES string of the molecule is C=C(C)C(=O)OCCCC(F)(F)CCCOc1ccc2cc(-c3ccc(OC)cc3C)c(=O)oc2c1. The third-order valence-electron chi connectivity index (χ3n) is 5.66. The molecule has 0 amide bonds. The highest BCUT2D eigenvalue weighted by Gasteiger charge is 2.27. The Morgan fingerprint density at radius 3 is 2.36 bits per heavy atom. The predicted octanol–water partition coefficient (Wildman–Crippen LogP) is 6.47. The summed E-state index contributed by atoms with van der Waals surface area (Å²) >= 11 is 0. The molecule has 1 heterocycles. The summed E-state index contributed by atoms with van der Waals surface area (Å²) in [7, 11) is 1.58. The molecule has 192 valence electrons. The third kappa shape index (κ3) is 7.16. The van der Waals surface area contributed by atoms with Crippen molar-refractivity contribution in [1.82, 2.24) is 0 Å². The summed E-state index contributed by atoms with van der Waals surface area (Å²) in [6.45, 7) is 6.84. The van der Waals surface area contributed by atoms with Crippen LogP contribution in [0.25, 0.3) is 22.1 Å². The Kier molecular flexibility index (Phi) is 8.85. The van der Waals surface area contributed by atoms with Crippen LogP contribution in [0.3, 0.4) is 0 Å². The van der Waals surface area contributed by atoms with Gasteiger partial charge in [-0.1, -0.05) is 12.6 Å². The van der Waals surface area contributed by atoms with Crippen LogP contribution in [0.5, 0.6) is 11.5 Å². The Morgan fingerprint density at radius 2 is 1.69 bits per heavy atom. The molecule has 3 aromatic rings. The molecule has 0 bridgehead atoms. The molecule has 0 aliphatic heterocycles. The van der Waals surface area contributed by atoms with Gasteiger partial charge in [-0.3, -0.25) is 0 Å². The van der Waals surface area contributed by atoms with E-state index in [1.807, 2.05) is 19.1 Å². The molecule has 0 saturated carbocycles. The minimum atomic E-state index is -2.88. The standard InChI is InChI=1S/C28H30F2O6/c1-18(2)26(31)35-14-6-12-28(29,30)11-5-13-34-22-8-7-20-16-24(27(32)36-25(20)17-22)23-10-9-21(33-4)15-19(23)3/h7-10,15-17H,1,5-6,11-14H2,2-4H3. The van der Waals surface area contributed by atoms with Crippen molar-refractivity contribution in [1.29, 1.82) is 0 Å². The van der Waals surface area contributed by atoms with Crippen LogP contribution in [-0.4, -0.2) is 32.2 Å². The van der Waals surface area contributed by atoms with Crippen LogP contribution < -0.4 is 15.1 Å². The molecular formula is C28H30F2O6. The Hall–Kier alpha value is -3.68. The fourth-order valence-electron chi connectivity index (χ4n) is 3.70. The van der Waals surface area contributed by atoms with E-state index in [1.165, 1.54) is 6.92 Å². The lowest BCUT2D eigenvalue weighted by Gasteiger charge is -2.16. The van der Waals surface area contributed by atoms with E-state index in [0.29, 0.717) is 28.0 Å². The topological polar surface area (TPSA) is 75.0 Å². The molecule has 2 aromatic carbocycles. The first-order chi connectivity index (χ1) is 17.1. The van der Waals surface area contributed by atoms with Crippen LogP contribution in [0.4, 0.5) is 8.78 Å². The van der Waals surface area contributed by atoms with Crippen molar-refractivity contribution in [2.75, 3.05) is 20.3 Å². The number of esters is 1. The average Bonchev–Trinajstić information content (AvgIpc) is 2.84. The summed E-state index contributed by atoms with van der Waals surface area (Å²) in [6.07, 6.45) is -0.535. The fraction of sp³-hybridized carbons (Fsp3) is 0.357. The number of fused-ring (bicyclic) bond motifs is 1. The van der Waals surface area contributed by atoms with Crippen molar-refractivity contribution in [2.24, 2.45) is 0 Å². The molecule has 0 fully saturated rings. The maximum absolute atomic E-state index is 14.1. The van der Waals surface area contributed by atoms with E-state index in [-0.39, 0.29) is 44.5 Å². The predicted molar refractivity (Wildman–Crippen MR) is 134 cm³/mol. The second kappa shape index (κ2) is 11.8. The van der Waals surface area contributed by atoms with Crippen molar-refractivity contribution in [3.63, 3.8) is 0 Å². The zero-order chi connectivity index (χ0) is 26.3. The molecule has 0 aliphatic rings. The van der Waals surface area contributed by atoms with Gasteiger partial charge in [-0.2, -0.15) is 0 Å². The Morgan fingerprint density at radius 1 is 1.00 bits per heavy atom. The molecule has 1 aromatic heterocycles. The number of alkyl halides is 2. The van der Waals surface area contributed by atoms with Crippen LogP contribution in [0, 0.1) is 6.92 Å². The van der Waals surface area contributed by atoms with Crippen LogP contribution in [0.2, 0.25) is 0 Å². The Balaban J connectivity index is 1.55. The van der Waals surface area contributed by atoms with Gasteiger partial charge in [0.15, 0.2) is 0 Å². The van der Waals surface area contributed by atoms with E-state index in [1.54, 1.807) is 37.4 Å². The van der Waals surface area contributed by atoms with Crippen molar-refractivity contribution >= 4 is 16.9 Å². The smallest absolute Gasteiger partial charge is 0.344 e. The van der Waals surface area contributed by atoms with E-state index in [2.05, 4.69) is 6.58 Å². The monoisotopic (exact) mass is 500 g/mol. The summed E-state index contributed by atoms with van der Waals surface area (Å²) in [6, 6.07) is 12.2. The first-order valence-corrected chi connectivity index (χ1v) is 11.7. The number of carbonyl (C=O) groups excluding carboxylic acids is 1. The normalized spacial score (nSPS) is 11.4. The molecule has 8 heteroatoms. The van der Waals surface area contributed by atoms with Crippen molar-refractivity contribution in [3.8, 4) is 22.6 Å². The van der Waals surface area contributed by atoms with Crippen molar-refractivity contribution in [2.45, 2.75) is 45.5 Å². The number of hydrogen-bond acceptors (Lipinski definition) is 6. The zero-order valence-electron chi connectivity index (χ0n) is 20.7. The summed E-state index contributed by atoms with van der Waals surface area (Å²) in [5.41, 5.74) is 2.17. The maximum Gasteiger partial charge on any atom is 0.344 e. The number of carbonyl (C=O) groups is 1. The summed E-state index contributed by atoms with van der Waals surface area (Å²) in [5, 5.41) is 0.714. The third-order valence-corrected chi connectivity index (χ3v) is 5.66. The van der Waals surface area contributed by atoms with E-state index in [9.17, 15) is 18.4 Å². The molecule has 0 spiro atoms. The fourth-order valence-corrected chi connectivity index (χ4v) is 3.70. The first kappa shape index (κ1) is 26.9. The number of hydrogen-bond donors (Lipinski definition) is 0. The average molecular weight is 501 g/mol. The van der Waals surface area contributed by atoms with Gasteiger partial charge in [-0.25, -0.2) is 18.4 Å². The van der Waals surface area contributed by atoms with Gasteiger partial charge in [0.05, 0.1) is 25.9 Å². The second-order valence-electron chi connectivity index (χ2n) is 8.66. The largest absolute Gasteiger partial charge is 0.497 e. The minimum Gasteiger partial charge on any atom is -0.497 e. The maximum atomic E-state index is 14.1. The molecule has 6 nitrogen and oxygen atoms in total. The van der Waals surface area contributed by atoms with Gasteiger partial charge in [0.25, 0.3) is 0 Å². The van der Waals surface area contributed by atoms with Gasteiger partial charge in [0.1, 0.15) is 17.1 Å². The zero-order valence-corrected chi connectivity index (χ0v) is 20.7. The van der Waals surface area contributed by atoms with Gasteiger partial charge in [-0.05, 0) is 68.1 Å². The lowest BCUT2D eigenvalue weighted by atomic mass is 10.0. The van der Waals surface area contributed by atoms with Crippen LogP contribution in [-0.2, 0) is 9.53 Å². The summed E-state index contributed by atoms with van der Waals surface area (Å²) in [5.74, 6) is -2.34. The Bertz CT molecular complexity index is 1290. The molecular weight excluding hydrogens is 470 g/mol. The van der Waals surface area contributed by atoms with Crippen molar-refractivity contribution in [3.05, 3.63) is 70.6 Å². The van der Waals surface area contributed by atoms with Crippen LogP contribution in [0.15, 0.2) is 63.8 Å². The second-order valence-corrected chi connectivity index (χ2v) is 8.66. The van der Waals surface area contributed by atoms with E-state index in [0.717, 1.165) is 11.1 Å². The van der Waals surface area contributed by atoms with Gasteiger partial charge >= 0.3 is 11.6 Å². The minimum absolute atomic E-state index is 0.0641. The number of halogens is 2. The van der Waals surface area contributed by atoms with Crippen LogP contribution in [0.1, 0.15) is 38.2 Å². The lowest BCUT2D eigenvalue weighted by Crippen LogP contribution is -2.18. The summed E-state index contributed by atoms with van der Waals surface area (Å²) in [4.78, 5) is 23.9. The van der Waals surface area contributed by atoms with Gasteiger partial charge < -0.3 is 18.6 Å². The molecule has 0 N–H and O–H groups in total. The lowest BCUT2D eigenvalue weighted by molar-refractivity contribution is -0.139.